The maximum atomic E-state index is 11.1. The Kier molecular flexibility index (Phi) is 4.39. The van der Waals surface area contributed by atoms with Crippen molar-refractivity contribution >= 4 is 5.97 Å². The van der Waals surface area contributed by atoms with Gasteiger partial charge in [-0.25, -0.2) is 0 Å². The average molecular weight is 199 g/mol. The maximum Gasteiger partial charge on any atom is 0.320 e. The van der Waals surface area contributed by atoms with Crippen molar-refractivity contribution in [2.24, 2.45) is 5.92 Å². The fourth-order valence-electron chi connectivity index (χ4n) is 2.24. The molecule has 3 heteroatoms. The van der Waals surface area contributed by atoms with E-state index in [9.17, 15) is 4.79 Å². The van der Waals surface area contributed by atoms with E-state index in [1.807, 2.05) is 6.92 Å². The Hall–Kier alpha value is -0.570. The van der Waals surface area contributed by atoms with Gasteiger partial charge in [-0.2, -0.15) is 0 Å². The van der Waals surface area contributed by atoms with Crippen LogP contribution in [0.2, 0.25) is 0 Å². The van der Waals surface area contributed by atoms with Gasteiger partial charge < -0.3 is 5.11 Å². The topological polar surface area (TPSA) is 40.5 Å². The number of hydrogen-bond acceptors (Lipinski definition) is 2. The van der Waals surface area contributed by atoms with E-state index in [0.717, 1.165) is 32.4 Å². The maximum absolute atomic E-state index is 11.1. The van der Waals surface area contributed by atoms with Crippen molar-refractivity contribution in [1.82, 2.24) is 4.90 Å². The largest absolute Gasteiger partial charge is 0.480 e. The first-order valence-electron chi connectivity index (χ1n) is 5.62. The minimum Gasteiger partial charge on any atom is -0.480 e. The zero-order valence-electron chi connectivity index (χ0n) is 9.20. The lowest BCUT2D eigenvalue weighted by Gasteiger charge is -2.35. The van der Waals surface area contributed by atoms with Gasteiger partial charge in [0.15, 0.2) is 0 Å². The van der Waals surface area contributed by atoms with E-state index in [-0.39, 0.29) is 6.04 Å². The first-order valence-corrected chi connectivity index (χ1v) is 5.62. The lowest BCUT2D eigenvalue weighted by Crippen LogP contribution is -2.46. The first-order chi connectivity index (χ1) is 6.65. The molecule has 0 amide bonds. The molecule has 0 aliphatic carbocycles. The summed E-state index contributed by atoms with van der Waals surface area (Å²) in [7, 11) is 0. The Morgan fingerprint density at radius 3 is 2.86 bits per heavy atom. The van der Waals surface area contributed by atoms with Crippen molar-refractivity contribution in [1.29, 1.82) is 0 Å². The molecule has 0 bridgehead atoms. The number of nitrogens with zero attached hydrogens (tertiary/aromatic N) is 1. The van der Waals surface area contributed by atoms with Gasteiger partial charge in [-0.1, -0.05) is 20.3 Å². The van der Waals surface area contributed by atoms with Crippen LogP contribution in [-0.4, -0.2) is 35.1 Å². The molecule has 14 heavy (non-hydrogen) atoms. The molecule has 1 aliphatic rings. The van der Waals surface area contributed by atoms with E-state index in [1.54, 1.807) is 0 Å². The number of hydrogen-bond donors (Lipinski definition) is 1. The summed E-state index contributed by atoms with van der Waals surface area (Å²) in [6.45, 7) is 6.17. The average Bonchev–Trinajstić information content (AvgIpc) is 2.13. The molecule has 1 rings (SSSR count). The molecular formula is C11H21NO2. The summed E-state index contributed by atoms with van der Waals surface area (Å²) in [6, 6.07) is -0.247. The van der Waals surface area contributed by atoms with Crippen molar-refractivity contribution in [2.45, 2.75) is 45.6 Å². The molecule has 1 heterocycles. The van der Waals surface area contributed by atoms with Gasteiger partial charge in [0.1, 0.15) is 6.04 Å². The van der Waals surface area contributed by atoms with Crippen molar-refractivity contribution in [3.63, 3.8) is 0 Å². The number of likely N-dealkylation sites (tertiary alicyclic amines) is 1. The molecule has 0 radical (unpaired) electrons. The lowest BCUT2D eigenvalue weighted by molar-refractivity contribution is -0.144. The molecule has 1 aliphatic heterocycles. The van der Waals surface area contributed by atoms with Gasteiger partial charge in [0.05, 0.1) is 0 Å². The second-order valence-electron chi connectivity index (χ2n) is 4.39. The zero-order chi connectivity index (χ0) is 10.6. The number of carbonyl (C=O) groups is 1. The number of carboxylic acids is 1. The Morgan fingerprint density at radius 1 is 1.64 bits per heavy atom. The summed E-state index contributed by atoms with van der Waals surface area (Å²) in [4.78, 5) is 13.2. The summed E-state index contributed by atoms with van der Waals surface area (Å²) >= 11 is 0. The number of aliphatic carboxylic acids is 1. The SMILES string of the molecule is CCC[C@@H](C(=O)O)N1CCC[C@@H](C)C1. The Bertz CT molecular complexity index is 194. The van der Waals surface area contributed by atoms with Crippen molar-refractivity contribution < 1.29 is 9.90 Å². The van der Waals surface area contributed by atoms with Crippen LogP contribution in [0.15, 0.2) is 0 Å². The second kappa shape index (κ2) is 5.35. The summed E-state index contributed by atoms with van der Waals surface area (Å²) < 4.78 is 0. The molecule has 0 spiro atoms. The quantitative estimate of drug-likeness (QED) is 0.752. The predicted molar refractivity (Wildman–Crippen MR) is 56.3 cm³/mol. The van der Waals surface area contributed by atoms with E-state index in [4.69, 9.17) is 5.11 Å². The number of rotatable bonds is 4. The van der Waals surface area contributed by atoms with Crippen molar-refractivity contribution in [3.8, 4) is 0 Å². The van der Waals surface area contributed by atoms with Gasteiger partial charge in [-0.05, 0) is 31.7 Å². The van der Waals surface area contributed by atoms with Crippen molar-refractivity contribution in [2.75, 3.05) is 13.1 Å². The van der Waals surface area contributed by atoms with Crippen LogP contribution >= 0.6 is 0 Å². The molecule has 82 valence electrons. The van der Waals surface area contributed by atoms with Gasteiger partial charge >= 0.3 is 5.97 Å². The van der Waals surface area contributed by atoms with Gasteiger partial charge in [0.2, 0.25) is 0 Å². The van der Waals surface area contributed by atoms with E-state index in [2.05, 4.69) is 11.8 Å². The van der Waals surface area contributed by atoms with Crippen molar-refractivity contribution in [3.05, 3.63) is 0 Å². The van der Waals surface area contributed by atoms with Gasteiger partial charge in [-0.3, -0.25) is 9.69 Å². The summed E-state index contributed by atoms with van der Waals surface area (Å²) in [5.41, 5.74) is 0. The first kappa shape index (κ1) is 11.5. The fourth-order valence-corrected chi connectivity index (χ4v) is 2.24. The van der Waals surface area contributed by atoms with Crippen LogP contribution in [0.5, 0.6) is 0 Å². The molecule has 0 saturated carbocycles. The van der Waals surface area contributed by atoms with Crippen LogP contribution in [0.3, 0.4) is 0 Å². The van der Waals surface area contributed by atoms with Crippen LogP contribution in [0, 0.1) is 5.92 Å². The van der Waals surface area contributed by atoms with Crippen LogP contribution in [0.25, 0.3) is 0 Å². The van der Waals surface area contributed by atoms with Crippen LogP contribution in [0.4, 0.5) is 0 Å². The highest BCUT2D eigenvalue weighted by atomic mass is 16.4. The minimum atomic E-state index is -0.652. The Morgan fingerprint density at radius 2 is 2.36 bits per heavy atom. The highest BCUT2D eigenvalue weighted by molar-refractivity contribution is 5.73. The molecule has 1 saturated heterocycles. The molecule has 0 aromatic carbocycles. The van der Waals surface area contributed by atoms with Gasteiger partial charge in [-0.15, -0.1) is 0 Å². The van der Waals surface area contributed by atoms with Crippen LogP contribution in [0.1, 0.15) is 39.5 Å². The smallest absolute Gasteiger partial charge is 0.320 e. The molecule has 0 aromatic rings. The third-order valence-electron chi connectivity index (χ3n) is 2.98. The van der Waals surface area contributed by atoms with Gasteiger partial charge in [0.25, 0.3) is 0 Å². The summed E-state index contributed by atoms with van der Waals surface area (Å²) in [5.74, 6) is 0.00315. The van der Waals surface area contributed by atoms with Gasteiger partial charge in [0, 0.05) is 6.54 Å². The standard InChI is InChI=1S/C11H21NO2/c1-3-5-10(11(13)14)12-7-4-6-9(2)8-12/h9-10H,3-8H2,1-2H3,(H,13,14)/t9-,10+/m1/s1. The lowest BCUT2D eigenvalue weighted by atomic mass is 9.97. The molecular weight excluding hydrogens is 178 g/mol. The third kappa shape index (κ3) is 2.98. The van der Waals surface area contributed by atoms with E-state index >= 15 is 0 Å². The number of carboxylic acid groups (broad SMARTS) is 1. The Balaban J connectivity index is 2.53. The molecule has 0 unspecified atom stereocenters. The summed E-state index contributed by atoms with van der Waals surface area (Å²) in [5, 5.41) is 9.10. The van der Waals surface area contributed by atoms with Crippen LogP contribution < -0.4 is 0 Å². The second-order valence-corrected chi connectivity index (χ2v) is 4.39. The fraction of sp³-hybridized carbons (Fsp3) is 0.909. The monoisotopic (exact) mass is 199 g/mol. The zero-order valence-corrected chi connectivity index (χ0v) is 9.20. The predicted octanol–water partition coefficient (Wildman–Crippen LogP) is 1.97. The van der Waals surface area contributed by atoms with Crippen LogP contribution in [-0.2, 0) is 4.79 Å². The highest BCUT2D eigenvalue weighted by Crippen LogP contribution is 2.19. The third-order valence-corrected chi connectivity index (χ3v) is 2.98. The normalized spacial score (nSPS) is 26.0. The minimum absolute atomic E-state index is 0.247. The van der Waals surface area contributed by atoms with E-state index < -0.39 is 5.97 Å². The molecule has 1 N–H and O–H groups in total. The van der Waals surface area contributed by atoms with E-state index in [0.29, 0.717) is 5.92 Å². The molecule has 1 fully saturated rings. The highest BCUT2D eigenvalue weighted by Gasteiger charge is 2.27. The summed E-state index contributed by atoms with van der Waals surface area (Å²) in [6.07, 6.45) is 4.12. The number of piperidine rings is 1. The molecule has 2 atom stereocenters. The molecule has 3 nitrogen and oxygen atoms in total. The van der Waals surface area contributed by atoms with E-state index in [1.165, 1.54) is 6.42 Å². The Labute approximate surface area is 86.1 Å². The molecule has 0 aromatic heterocycles.